The molecule has 3 aromatic carbocycles. The highest BCUT2D eigenvalue weighted by Crippen LogP contribution is 2.33. The number of thioether (sulfide) groups is 1. The zero-order valence-electron chi connectivity index (χ0n) is 14.8. The molecule has 134 valence electrons. The van der Waals surface area contributed by atoms with Gasteiger partial charge in [-0.05, 0) is 42.3 Å². The molecule has 0 aliphatic heterocycles. The van der Waals surface area contributed by atoms with Crippen LogP contribution >= 0.6 is 23.4 Å². The van der Waals surface area contributed by atoms with E-state index in [2.05, 4.69) is 58.1 Å². The summed E-state index contributed by atoms with van der Waals surface area (Å²) in [6, 6.07) is 26.3. The second-order valence-corrected chi connectivity index (χ2v) is 7.52. The van der Waals surface area contributed by atoms with Crippen molar-refractivity contribution < 1.29 is 0 Å². The van der Waals surface area contributed by atoms with Crippen LogP contribution in [0, 0.1) is 6.92 Å². The van der Waals surface area contributed by atoms with Crippen LogP contribution in [0.15, 0.2) is 84.0 Å². The molecule has 0 saturated carbocycles. The van der Waals surface area contributed by atoms with Crippen molar-refractivity contribution in [3.8, 4) is 17.1 Å². The normalized spacial score (nSPS) is 10.9. The lowest BCUT2D eigenvalue weighted by Crippen LogP contribution is -2.00. The first-order valence-corrected chi connectivity index (χ1v) is 10.0. The Balaban J connectivity index is 1.76. The fourth-order valence-corrected chi connectivity index (χ4v) is 4.15. The van der Waals surface area contributed by atoms with Gasteiger partial charge in [0.15, 0.2) is 11.0 Å². The average Bonchev–Trinajstić information content (AvgIpc) is 3.12. The van der Waals surface area contributed by atoms with Gasteiger partial charge in [-0.25, -0.2) is 0 Å². The minimum Gasteiger partial charge on any atom is -0.270 e. The van der Waals surface area contributed by atoms with Crippen molar-refractivity contribution in [3.63, 3.8) is 0 Å². The molecule has 0 spiro atoms. The van der Waals surface area contributed by atoms with E-state index >= 15 is 0 Å². The zero-order valence-corrected chi connectivity index (χ0v) is 16.4. The summed E-state index contributed by atoms with van der Waals surface area (Å²) in [5, 5.41) is 10.4. The highest BCUT2D eigenvalue weighted by molar-refractivity contribution is 7.98. The smallest absolute Gasteiger partial charge is 0.196 e. The number of aromatic nitrogens is 3. The first kappa shape index (κ1) is 17.8. The second-order valence-electron chi connectivity index (χ2n) is 6.17. The average molecular weight is 392 g/mol. The van der Waals surface area contributed by atoms with E-state index in [0.717, 1.165) is 28.0 Å². The summed E-state index contributed by atoms with van der Waals surface area (Å²) < 4.78 is 2.07. The summed E-state index contributed by atoms with van der Waals surface area (Å²) >= 11 is 8.11. The van der Waals surface area contributed by atoms with Crippen LogP contribution < -0.4 is 0 Å². The van der Waals surface area contributed by atoms with Crippen molar-refractivity contribution in [1.82, 2.24) is 14.8 Å². The van der Waals surface area contributed by atoms with Crippen LogP contribution in [0.25, 0.3) is 17.1 Å². The second kappa shape index (κ2) is 7.99. The van der Waals surface area contributed by atoms with Crippen molar-refractivity contribution in [2.45, 2.75) is 17.8 Å². The standard InChI is InChI=1S/C22H18ClN3S/c1-16-9-5-6-10-17(16)15-27-22-25-24-21(19-13-7-8-14-20(19)23)26(22)18-11-3-2-4-12-18/h2-14H,15H2,1H3. The molecule has 0 bridgehead atoms. The van der Waals surface area contributed by atoms with Gasteiger partial charge in [0.05, 0.1) is 5.02 Å². The topological polar surface area (TPSA) is 30.7 Å². The molecule has 4 rings (SSSR count). The summed E-state index contributed by atoms with van der Waals surface area (Å²) in [5.41, 5.74) is 4.47. The first-order valence-electron chi connectivity index (χ1n) is 8.67. The van der Waals surface area contributed by atoms with Gasteiger partial charge in [-0.1, -0.05) is 78.0 Å². The molecule has 5 heteroatoms. The molecule has 0 fully saturated rings. The van der Waals surface area contributed by atoms with Crippen molar-refractivity contribution in [2.24, 2.45) is 0 Å². The van der Waals surface area contributed by atoms with Crippen LogP contribution in [0.3, 0.4) is 0 Å². The van der Waals surface area contributed by atoms with Gasteiger partial charge in [0.1, 0.15) is 0 Å². The number of hydrogen-bond donors (Lipinski definition) is 0. The van der Waals surface area contributed by atoms with Crippen molar-refractivity contribution in [1.29, 1.82) is 0 Å². The van der Waals surface area contributed by atoms with Gasteiger partial charge < -0.3 is 0 Å². The molecule has 27 heavy (non-hydrogen) atoms. The maximum atomic E-state index is 6.43. The predicted molar refractivity (Wildman–Crippen MR) is 113 cm³/mol. The fourth-order valence-electron chi connectivity index (χ4n) is 2.90. The van der Waals surface area contributed by atoms with Crippen LogP contribution in [-0.4, -0.2) is 14.8 Å². The van der Waals surface area contributed by atoms with E-state index in [4.69, 9.17) is 11.6 Å². The van der Waals surface area contributed by atoms with E-state index in [1.807, 2.05) is 42.5 Å². The Morgan fingerprint density at radius 3 is 2.33 bits per heavy atom. The molecule has 1 heterocycles. The van der Waals surface area contributed by atoms with Gasteiger partial charge >= 0.3 is 0 Å². The number of nitrogens with zero attached hydrogens (tertiary/aromatic N) is 3. The highest BCUT2D eigenvalue weighted by atomic mass is 35.5. The first-order chi connectivity index (χ1) is 13.2. The Kier molecular flexibility index (Phi) is 5.28. The summed E-state index contributed by atoms with van der Waals surface area (Å²) in [4.78, 5) is 0. The van der Waals surface area contributed by atoms with Crippen molar-refractivity contribution >= 4 is 23.4 Å². The number of halogens is 1. The van der Waals surface area contributed by atoms with E-state index in [-0.39, 0.29) is 0 Å². The maximum absolute atomic E-state index is 6.43. The van der Waals surface area contributed by atoms with Crippen LogP contribution in [-0.2, 0) is 5.75 Å². The Hall–Kier alpha value is -2.56. The molecule has 0 atom stereocenters. The molecule has 0 amide bonds. The molecule has 1 aromatic heterocycles. The van der Waals surface area contributed by atoms with Crippen molar-refractivity contribution in [2.75, 3.05) is 0 Å². The predicted octanol–water partition coefficient (Wildman–Crippen LogP) is 6.19. The lowest BCUT2D eigenvalue weighted by molar-refractivity contribution is 0.886. The van der Waals surface area contributed by atoms with Gasteiger partial charge in [-0.2, -0.15) is 0 Å². The minimum absolute atomic E-state index is 0.664. The summed E-state index contributed by atoms with van der Waals surface area (Å²) in [5.74, 6) is 1.58. The number of para-hydroxylation sites is 1. The van der Waals surface area contributed by atoms with E-state index in [1.165, 1.54) is 11.1 Å². The Bertz CT molecular complexity index is 1060. The third-order valence-electron chi connectivity index (χ3n) is 4.38. The third kappa shape index (κ3) is 3.77. The van der Waals surface area contributed by atoms with Gasteiger partial charge in [0.25, 0.3) is 0 Å². The lowest BCUT2D eigenvalue weighted by atomic mass is 10.1. The SMILES string of the molecule is Cc1ccccc1CSc1nnc(-c2ccccc2Cl)n1-c1ccccc1. The van der Waals surface area contributed by atoms with E-state index in [1.54, 1.807) is 11.8 Å². The van der Waals surface area contributed by atoms with E-state index < -0.39 is 0 Å². The lowest BCUT2D eigenvalue weighted by Gasteiger charge is -2.11. The van der Waals surface area contributed by atoms with Gasteiger partial charge in [-0.3, -0.25) is 4.57 Å². The molecule has 0 aliphatic rings. The maximum Gasteiger partial charge on any atom is 0.196 e. The van der Waals surface area contributed by atoms with Gasteiger partial charge in [-0.15, -0.1) is 10.2 Å². The Morgan fingerprint density at radius 1 is 0.852 bits per heavy atom. The Morgan fingerprint density at radius 2 is 1.56 bits per heavy atom. The summed E-state index contributed by atoms with van der Waals surface area (Å²) in [6.45, 7) is 2.13. The van der Waals surface area contributed by atoms with E-state index in [0.29, 0.717) is 5.02 Å². The molecule has 3 nitrogen and oxygen atoms in total. The van der Waals surface area contributed by atoms with Crippen molar-refractivity contribution in [3.05, 3.63) is 95.0 Å². The van der Waals surface area contributed by atoms with Crippen LogP contribution in [0.4, 0.5) is 0 Å². The molecule has 0 N–H and O–H groups in total. The quantitative estimate of drug-likeness (QED) is 0.380. The number of aryl methyl sites for hydroxylation is 1. The monoisotopic (exact) mass is 391 g/mol. The number of hydrogen-bond acceptors (Lipinski definition) is 3. The molecule has 0 radical (unpaired) electrons. The fraction of sp³-hybridized carbons (Fsp3) is 0.0909. The third-order valence-corrected chi connectivity index (χ3v) is 5.69. The molecule has 0 unspecified atom stereocenters. The Labute approximate surface area is 168 Å². The molecule has 0 aliphatic carbocycles. The molecule has 4 aromatic rings. The molecular weight excluding hydrogens is 374 g/mol. The van der Waals surface area contributed by atoms with Crippen LogP contribution in [0.2, 0.25) is 5.02 Å². The summed E-state index contributed by atoms with van der Waals surface area (Å²) in [7, 11) is 0. The number of benzene rings is 3. The molecular formula is C22H18ClN3S. The zero-order chi connectivity index (χ0) is 18.6. The largest absolute Gasteiger partial charge is 0.270 e. The van der Waals surface area contributed by atoms with Gasteiger partial charge in [0, 0.05) is 17.0 Å². The van der Waals surface area contributed by atoms with Crippen LogP contribution in [0.1, 0.15) is 11.1 Å². The highest BCUT2D eigenvalue weighted by Gasteiger charge is 2.18. The number of rotatable bonds is 5. The van der Waals surface area contributed by atoms with Gasteiger partial charge in [0.2, 0.25) is 0 Å². The van der Waals surface area contributed by atoms with E-state index in [9.17, 15) is 0 Å². The summed E-state index contributed by atoms with van der Waals surface area (Å²) in [6.07, 6.45) is 0. The molecule has 0 saturated heterocycles. The minimum atomic E-state index is 0.664. The van der Waals surface area contributed by atoms with Crippen LogP contribution in [0.5, 0.6) is 0 Å².